The van der Waals surface area contributed by atoms with Gasteiger partial charge in [0, 0.05) is 32.1 Å². The van der Waals surface area contributed by atoms with Gasteiger partial charge in [0.15, 0.2) is 0 Å². The molecular weight excluding hydrogens is 905 g/mol. The zero-order valence-electron chi connectivity index (χ0n) is 46.6. The summed E-state index contributed by atoms with van der Waals surface area (Å²) in [6, 6.07) is 0. The van der Waals surface area contributed by atoms with Crippen LogP contribution < -0.4 is 0 Å². The number of carbonyl (C=O) groups excluding carboxylic acids is 5. The van der Waals surface area contributed by atoms with Crippen LogP contribution in [-0.4, -0.2) is 62.9 Å². The molecule has 0 saturated carbocycles. The van der Waals surface area contributed by atoms with E-state index in [0.717, 1.165) is 64.2 Å². The third kappa shape index (κ3) is 53.4. The second kappa shape index (κ2) is 55.8. The van der Waals surface area contributed by atoms with Crippen LogP contribution in [-0.2, 0) is 47.7 Å². The fourth-order valence-corrected chi connectivity index (χ4v) is 9.48. The average Bonchev–Trinajstić information content (AvgIpc) is 3.38. The molecule has 0 aromatic rings. The highest BCUT2D eigenvalue weighted by atomic mass is 16.6. The first-order valence-corrected chi connectivity index (χ1v) is 30.9. The molecule has 4 heterocycles. The van der Waals surface area contributed by atoms with Gasteiger partial charge in [-0.1, -0.05) is 224 Å². The highest BCUT2D eigenvalue weighted by Crippen LogP contribution is 2.17. The SMILES string of the molecule is O=C1CCCCCCC/C=C\CCCCCCO1.O=C1CCCCCCCCCCCC(=O)OCCO1.O=C1CCCCCCCCCCCCCCCO1.O=C1CCCCCCCCCCCCCCO1. The molecule has 0 aromatic carbocycles. The number of cyclic esters (lactones) is 5. The van der Waals surface area contributed by atoms with Crippen molar-refractivity contribution in [2.75, 3.05) is 33.0 Å². The van der Waals surface area contributed by atoms with Gasteiger partial charge >= 0.3 is 29.8 Å². The van der Waals surface area contributed by atoms with Crippen molar-refractivity contribution in [3.63, 3.8) is 0 Å². The molecule has 0 amide bonds. The largest absolute Gasteiger partial charge is 0.466 e. The number of allylic oxidation sites excluding steroid dienone is 2. The molecule has 4 rings (SSSR count). The van der Waals surface area contributed by atoms with Gasteiger partial charge in [0.25, 0.3) is 0 Å². The molecule has 0 radical (unpaired) electrons. The van der Waals surface area contributed by atoms with Crippen molar-refractivity contribution in [2.45, 2.75) is 321 Å². The van der Waals surface area contributed by atoms with Gasteiger partial charge in [0.1, 0.15) is 13.2 Å². The predicted molar refractivity (Wildman–Crippen MR) is 295 cm³/mol. The lowest BCUT2D eigenvalue weighted by Crippen LogP contribution is -2.13. The van der Waals surface area contributed by atoms with E-state index in [0.29, 0.717) is 51.9 Å². The predicted octanol–water partition coefficient (Wildman–Crippen LogP) is 17.8. The Bertz CT molecular complexity index is 1180. The molecule has 0 N–H and O–H groups in total. The Hall–Kier alpha value is -2.91. The van der Waals surface area contributed by atoms with Crippen LogP contribution in [0.1, 0.15) is 321 Å². The second-order valence-corrected chi connectivity index (χ2v) is 21.1. The van der Waals surface area contributed by atoms with Crippen molar-refractivity contribution >= 4 is 29.8 Å². The zero-order chi connectivity index (χ0) is 51.7. The van der Waals surface area contributed by atoms with Crippen LogP contribution in [0.5, 0.6) is 0 Å². The summed E-state index contributed by atoms with van der Waals surface area (Å²) in [6.07, 6.45) is 62.9. The number of hydrogen-bond acceptors (Lipinski definition) is 10. The third-order valence-corrected chi connectivity index (χ3v) is 14.1. The van der Waals surface area contributed by atoms with E-state index in [2.05, 4.69) is 12.2 Å². The molecule has 0 bridgehead atoms. The second-order valence-electron chi connectivity index (χ2n) is 21.1. The van der Waals surface area contributed by atoms with Gasteiger partial charge in [-0.2, -0.15) is 0 Å². The highest BCUT2D eigenvalue weighted by Gasteiger charge is 2.08. The molecule has 0 spiro atoms. The molecule has 0 aromatic heterocycles. The van der Waals surface area contributed by atoms with E-state index < -0.39 is 0 Å². The van der Waals surface area contributed by atoms with Crippen molar-refractivity contribution in [1.82, 2.24) is 0 Å². The fraction of sp³-hybridized carbons (Fsp3) is 0.887. The summed E-state index contributed by atoms with van der Waals surface area (Å²) in [6.45, 7) is 2.27. The number of ether oxygens (including phenoxy) is 5. The Kier molecular flexibility index (Phi) is 52.0. The molecule has 0 unspecified atom stereocenters. The van der Waals surface area contributed by atoms with Crippen LogP contribution in [0.15, 0.2) is 12.2 Å². The fourth-order valence-electron chi connectivity index (χ4n) is 9.48. The first-order valence-electron chi connectivity index (χ1n) is 30.9. The monoisotopic (exact) mass is 1020 g/mol. The summed E-state index contributed by atoms with van der Waals surface area (Å²) in [5, 5.41) is 0. The topological polar surface area (TPSA) is 132 Å². The van der Waals surface area contributed by atoms with Gasteiger partial charge in [-0.15, -0.1) is 0 Å². The van der Waals surface area contributed by atoms with Gasteiger partial charge in [-0.25, -0.2) is 0 Å². The minimum atomic E-state index is -0.180. The van der Waals surface area contributed by atoms with Crippen LogP contribution in [0.25, 0.3) is 0 Å². The molecular formula is C62H112O10. The highest BCUT2D eigenvalue weighted by molar-refractivity contribution is 5.70. The lowest BCUT2D eigenvalue weighted by molar-refractivity contribution is -0.152. The molecule has 4 aliphatic rings. The van der Waals surface area contributed by atoms with Crippen molar-refractivity contribution < 1.29 is 47.7 Å². The molecule has 3 saturated heterocycles. The Morgan fingerprint density at radius 1 is 0.181 bits per heavy atom. The summed E-state index contributed by atoms with van der Waals surface area (Å²) in [5.74, 6) is -0.335. The minimum absolute atomic E-state index is 0.000910. The Labute approximate surface area is 442 Å². The molecule has 420 valence electrons. The normalized spacial score (nSPS) is 23.0. The number of esters is 5. The Morgan fingerprint density at radius 2 is 0.333 bits per heavy atom. The van der Waals surface area contributed by atoms with Crippen LogP contribution in [0.3, 0.4) is 0 Å². The van der Waals surface area contributed by atoms with E-state index in [9.17, 15) is 24.0 Å². The van der Waals surface area contributed by atoms with Crippen LogP contribution >= 0.6 is 0 Å². The first-order chi connectivity index (χ1) is 35.5. The van der Waals surface area contributed by atoms with E-state index in [-0.39, 0.29) is 43.1 Å². The number of hydrogen-bond donors (Lipinski definition) is 0. The van der Waals surface area contributed by atoms with E-state index in [1.807, 2.05) is 0 Å². The summed E-state index contributed by atoms with van der Waals surface area (Å²) in [5.41, 5.74) is 0. The van der Waals surface area contributed by atoms with Crippen LogP contribution in [0, 0.1) is 0 Å². The number of carbonyl (C=O) groups is 5. The maximum atomic E-state index is 11.4. The minimum Gasteiger partial charge on any atom is -0.466 e. The maximum Gasteiger partial charge on any atom is 0.305 e. The van der Waals surface area contributed by atoms with Crippen LogP contribution in [0.4, 0.5) is 0 Å². The Morgan fingerprint density at radius 3 is 0.542 bits per heavy atom. The lowest BCUT2D eigenvalue weighted by Gasteiger charge is -2.06. The number of rotatable bonds is 0. The van der Waals surface area contributed by atoms with Crippen LogP contribution in [0.2, 0.25) is 0 Å². The van der Waals surface area contributed by atoms with E-state index in [1.165, 1.54) is 225 Å². The zero-order valence-corrected chi connectivity index (χ0v) is 46.6. The maximum absolute atomic E-state index is 11.4. The Balaban J connectivity index is 0.000000480. The summed E-state index contributed by atoms with van der Waals surface area (Å²) in [4.78, 5) is 56.9. The van der Waals surface area contributed by atoms with Crippen molar-refractivity contribution in [3.8, 4) is 0 Å². The van der Waals surface area contributed by atoms with E-state index in [1.54, 1.807) is 0 Å². The van der Waals surface area contributed by atoms with Gasteiger partial charge in [-0.05, 0) is 77.0 Å². The van der Waals surface area contributed by atoms with Gasteiger partial charge in [-0.3, -0.25) is 24.0 Å². The standard InChI is InChI=1S/C16H30O2.C16H28O2.C15H26O4.C15H28O2/c2*17-16-14-12-10-8-6-4-2-1-3-5-7-9-11-13-15-18-16;16-14-10-8-6-4-2-1-3-5-7-9-11-15(17)19-13-12-18-14;16-15-13-11-9-7-5-3-1-2-4-6-8-10-12-14-17-15/h1-15H2;1,3H,2,4-15H2;1-13H2;1-14H2/b;3-1-;;. The molecule has 4 aliphatic heterocycles. The molecule has 0 atom stereocenters. The van der Waals surface area contributed by atoms with Gasteiger partial charge in [0.2, 0.25) is 0 Å². The van der Waals surface area contributed by atoms with E-state index in [4.69, 9.17) is 23.7 Å². The average molecular weight is 1020 g/mol. The van der Waals surface area contributed by atoms with E-state index >= 15 is 0 Å². The molecule has 10 heteroatoms. The smallest absolute Gasteiger partial charge is 0.305 e. The van der Waals surface area contributed by atoms with Gasteiger partial charge in [0.05, 0.1) is 19.8 Å². The lowest BCUT2D eigenvalue weighted by atomic mass is 10.0. The molecule has 0 aliphatic carbocycles. The third-order valence-electron chi connectivity index (χ3n) is 14.1. The summed E-state index contributed by atoms with van der Waals surface area (Å²) < 4.78 is 25.6. The first kappa shape index (κ1) is 67.1. The quantitative estimate of drug-likeness (QED) is 0.131. The summed E-state index contributed by atoms with van der Waals surface area (Å²) >= 11 is 0. The summed E-state index contributed by atoms with van der Waals surface area (Å²) in [7, 11) is 0. The molecule has 10 nitrogen and oxygen atoms in total. The van der Waals surface area contributed by atoms with Crippen molar-refractivity contribution in [3.05, 3.63) is 12.2 Å². The van der Waals surface area contributed by atoms with Crippen molar-refractivity contribution in [1.29, 1.82) is 0 Å². The van der Waals surface area contributed by atoms with Gasteiger partial charge < -0.3 is 23.7 Å². The molecule has 72 heavy (non-hydrogen) atoms. The van der Waals surface area contributed by atoms with Crippen molar-refractivity contribution in [2.24, 2.45) is 0 Å². The molecule has 3 fully saturated rings.